The molecule has 26 heavy (non-hydrogen) atoms. The van der Waals surface area contributed by atoms with Gasteiger partial charge in [0.05, 0.1) is 25.0 Å². The molecule has 1 saturated heterocycles. The first-order chi connectivity index (χ1) is 12.6. The number of nitrogens with zero attached hydrogens (tertiary/aromatic N) is 2. The fraction of sp³-hybridized carbons (Fsp3) is 0.400. The van der Waals surface area contributed by atoms with Crippen LogP contribution in [0.2, 0.25) is 5.02 Å². The zero-order valence-electron chi connectivity index (χ0n) is 14.7. The van der Waals surface area contributed by atoms with E-state index in [9.17, 15) is 10.2 Å². The van der Waals surface area contributed by atoms with Gasteiger partial charge in [-0.25, -0.2) is 0 Å². The summed E-state index contributed by atoms with van der Waals surface area (Å²) in [7, 11) is 0. The number of rotatable bonds is 7. The number of hydrogen-bond donors (Lipinski definition) is 2. The summed E-state index contributed by atoms with van der Waals surface area (Å²) in [6, 6.07) is 15.0. The maximum atomic E-state index is 10.2. The Morgan fingerprint density at radius 2 is 1.69 bits per heavy atom. The van der Waals surface area contributed by atoms with Crippen LogP contribution in [0.1, 0.15) is 5.56 Å². The van der Waals surface area contributed by atoms with Crippen LogP contribution in [0.25, 0.3) is 0 Å². The van der Waals surface area contributed by atoms with Crippen LogP contribution in [0.5, 0.6) is 5.75 Å². The van der Waals surface area contributed by atoms with E-state index in [1.807, 2.05) is 42.5 Å². The number of aliphatic hydroxyl groups excluding tert-OH is 1. The number of para-hydroxylation sites is 2. The average Bonchev–Trinajstić information content (AvgIpc) is 2.64. The summed E-state index contributed by atoms with van der Waals surface area (Å²) in [5.74, 6) is 0.314. The third-order valence-electron chi connectivity index (χ3n) is 4.59. The third kappa shape index (κ3) is 5.11. The van der Waals surface area contributed by atoms with E-state index < -0.39 is 6.10 Å². The molecule has 1 aliphatic rings. The molecule has 0 aliphatic carbocycles. The molecule has 0 radical (unpaired) electrons. The lowest BCUT2D eigenvalue weighted by molar-refractivity contribution is 0.00915. The van der Waals surface area contributed by atoms with Gasteiger partial charge in [-0.1, -0.05) is 41.9 Å². The van der Waals surface area contributed by atoms with Crippen molar-refractivity contribution in [3.8, 4) is 5.75 Å². The third-order valence-corrected chi connectivity index (χ3v) is 4.96. The van der Waals surface area contributed by atoms with E-state index in [1.54, 1.807) is 6.07 Å². The molecule has 5 nitrogen and oxygen atoms in total. The van der Waals surface area contributed by atoms with Crippen molar-refractivity contribution in [3.63, 3.8) is 0 Å². The van der Waals surface area contributed by atoms with E-state index in [2.05, 4.69) is 9.80 Å². The Bertz CT molecular complexity index is 705. The zero-order valence-corrected chi connectivity index (χ0v) is 15.5. The first kappa shape index (κ1) is 19.0. The molecule has 1 fully saturated rings. The molecule has 0 spiro atoms. The number of halogens is 1. The first-order valence-corrected chi connectivity index (χ1v) is 9.26. The van der Waals surface area contributed by atoms with Crippen LogP contribution in [0.4, 0.5) is 5.69 Å². The van der Waals surface area contributed by atoms with E-state index in [1.165, 1.54) is 0 Å². The number of anilines is 1. The maximum Gasteiger partial charge on any atom is 0.138 e. The highest BCUT2D eigenvalue weighted by Crippen LogP contribution is 2.27. The number of β-amino-alcohol motifs (C(OH)–C–C–N with tert-alkyl or cyclic N) is 1. The van der Waals surface area contributed by atoms with Gasteiger partial charge in [0.15, 0.2) is 0 Å². The van der Waals surface area contributed by atoms with E-state index in [0.717, 1.165) is 37.4 Å². The molecule has 1 aliphatic heterocycles. The Morgan fingerprint density at radius 3 is 2.42 bits per heavy atom. The van der Waals surface area contributed by atoms with Crippen LogP contribution in [0.3, 0.4) is 0 Å². The molecule has 0 aromatic heterocycles. The second-order valence-electron chi connectivity index (χ2n) is 6.54. The number of aliphatic hydroxyl groups is 1. The van der Waals surface area contributed by atoms with E-state index in [4.69, 9.17) is 16.3 Å². The summed E-state index contributed by atoms with van der Waals surface area (Å²) in [5.41, 5.74) is 1.80. The molecule has 3 rings (SSSR count). The standard InChI is InChI=1S/C20H25ClN2O3/c21-18-6-2-1-5-16(18)14-26-15-17(24)13-22-9-11-23(12-10-22)19-7-3-4-8-20(19)25/h1-8,17,24-25H,9-15H2/t17-/m0/s1. The van der Waals surface area contributed by atoms with Crippen molar-refractivity contribution in [1.29, 1.82) is 0 Å². The Morgan fingerprint density at radius 1 is 1.00 bits per heavy atom. The van der Waals surface area contributed by atoms with Gasteiger partial charge in [0, 0.05) is 37.7 Å². The summed E-state index contributed by atoms with van der Waals surface area (Å²) in [6.45, 7) is 4.60. The summed E-state index contributed by atoms with van der Waals surface area (Å²) in [4.78, 5) is 4.39. The molecule has 2 aromatic carbocycles. The molecule has 140 valence electrons. The quantitative estimate of drug-likeness (QED) is 0.778. The highest BCUT2D eigenvalue weighted by Gasteiger charge is 2.21. The molecule has 1 atom stereocenters. The fourth-order valence-electron chi connectivity index (χ4n) is 3.17. The van der Waals surface area contributed by atoms with Gasteiger partial charge in [0.25, 0.3) is 0 Å². The Labute approximate surface area is 159 Å². The Hall–Kier alpha value is -1.79. The molecular weight excluding hydrogens is 352 g/mol. The molecule has 0 saturated carbocycles. The lowest BCUT2D eigenvalue weighted by Crippen LogP contribution is -2.49. The summed E-state index contributed by atoms with van der Waals surface area (Å²) in [6.07, 6.45) is -0.533. The second-order valence-corrected chi connectivity index (χ2v) is 6.94. The molecule has 2 aromatic rings. The van der Waals surface area contributed by atoms with Crippen molar-refractivity contribution in [2.24, 2.45) is 0 Å². The topological polar surface area (TPSA) is 56.2 Å². The van der Waals surface area contributed by atoms with Crippen molar-refractivity contribution in [1.82, 2.24) is 4.90 Å². The van der Waals surface area contributed by atoms with Crippen molar-refractivity contribution >= 4 is 17.3 Å². The number of benzene rings is 2. The van der Waals surface area contributed by atoms with Crippen LogP contribution in [0, 0.1) is 0 Å². The SMILES string of the molecule is Oc1ccccc1N1CCN(C[C@H](O)COCc2ccccc2Cl)CC1. The zero-order chi connectivity index (χ0) is 18.4. The molecule has 2 N–H and O–H groups in total. The van der Waals surface area contributed by atoms with Gasteiger partial charge in [-0.15, -0.1) is 0 Å². The smallest absolute Gasteiger partial charge is 0.138 e. The van der Waals surface area contributed by atoms with Gasteiger partial charge in [-0.05, 0) is 23.8 Å². The number of aromatic hydroxyl groups is 1. The van der Waals surface area contributed by atoms with Gasteiger partial charge in [0.2, 0.25) is 0 Å². The van der Waals surface area contributed by atoms with Gasteiger partial charge in [-0.3, -0.25) is 4.90 Å². The predicted molar refractivity (Wildman–Crippen MR) is 104 cm³/mol. The lowest BCUT2D eigenvalue weighted by Gasteiger charge is -2.37. The van der Waals surface area contributed by atoms with Crippen LogP contribution < -0.4 is 4.90 Å². The number of hydrogen-bond acceptors (Lipinski definition) is 5. The van der Waals surface area contributed by atoms with Gasteiger partial charge < -0.3 is 19.8 Å². The second kappa shape index (κ2) is 9.24. The van der Waals surface area contributed by atoms with Gasteiger partial charge >= 0.3 is 0 Å². The van der Waals surface area contributed by atoms with Crippen molar-refractivity contribution in [2.45, 2.75) is 12.7 Å². The minimum Gasteiger partial charge on any atom is -0.506 e. The van der Waals surface area contributed by atoms with E-state index in [-0.39, 0.29) is 6.61 Å². The van der Waals surface area contributed by atoms with Crippen LogP contribution >= 0.6 is 11.6 Å². The van der Waals surface area contributed by atoms with Crippen molar-refractivity contribution in [2.75, 3.05) is 44.2 Å². The monoisotopic (exact) mass is 376 g/mol. The number of ether oxygens (including phenoxy) is 1. The van der Waals surface area contributed by atoms with Crippen molar-refractivity contribution in [3.05, 3.63) is 59.1 Å². The Kier molecular flexibility index (Phi) is 6.74. The normalized spacial score (nSPS) is 16.6. The summed E-state index contributed by atoms with van der Waals surface area (Å²) in [5, 5.41) is 20.9. The largest absolute Gasteiger partial charge is 0.506 e. The highest BCUT2D eigenvalue weighted by atomic mass is 35.5. The highest BCUT2D eigenvalue weighted by molar-refractivity contribution is 6.31. The number of piperazine rings is 1. The number of phenols is 1. The lowest BCUT2D eigenvalue weighted by atomic mass is 10.2. The average molecular weight is 377 g/mol. The fourth-order valence-corrected chi connectivity index (χ4v) is 3.36. The van der Waals surface area contributed by atoms with Crippen LogP contribution in [0.15, 0.2) is 48.5 Å². The molecule has 6 heteroatoms. The minimum atomic E-state index is -0.533. The molecule has 0 amide bonds. The van der Waals surface area contributed by atoms with Crippen LogP contribution in [-0.2, 0) is 11.3 Å². The predicted octanol–water partition coefficient (Wildman–Crippen LogP) is 2.75. The van der Waals surface area contributed by atoms with Crippen molar-refractivity contribution < 1.29 is 14.9 Å². The maximum absolute atomic E-state index is 10.2. The summed E-state index contributed by atoms with van der Waals surface area (Å²) >= 11 is 6.10. The molecule has 0 bridgehead atoms. The Balaban J connectivity index is 1.39. The van der Waals surface area contributed by atoms with E-state index >= 15 is 0 Å². The minimum absolute atomic E-state index is 0.283. The molecule has 0 unspecified atom stereocenters. The van der Waals surface area contributed by atoms with Gasteiger partial charge in [-0.2, -0.15) is 0 Å². The molecule has 1 heterocycles. The first-order valence-electron chi connectivity index (χ1n) is 8.88. The van der Waals surface area contributed by atoms with Gasteiger partial charge in [0.1, 0.15) is 5.75 Å². The number of phenolic OH excluding ortho intramolecular Hbond substituents is 1. The summed E-state index contributed by atoms with van der Waals surface area (Å²) < 4.78 is 5.61. The molecular formula is C20H25ClN2O3. The van der Waals surface area contributed by atoms with E-state index in [0.29, 0.717) is 23.9 Å². The van der Waals surface area contributed by atoms with Crippen LogP contribution in [-0.4, -0.2) is 60.5 Å².